The molecule has 0 aliphatic rings. The fourth-order valence-corrected chi connectivity index (χ4v) is 2.60. The smallest absolute Gasteiger partial charge is 0.177 e. The summed E-state index contributed by atoms with van der Waals surface area (Å²) in [7, 11) is -3.27. The maximum atomic E-state index is 11.5. The quantitative estimate of drug-likeness (QED) is 0.793. The summed E-state index contributed by atoms with van der Waals surface area (Å²) in [6, 6.07) is 5.31. The first-order valence-electron chi connectivity index (χ1n) is 5.71. The van der Waals surface area contributed by atoms with Crippen LogP contribution in [-0.2, 0) is 9.84 Å². The maximum Gasteiger partial charge on any atom is 0.177 e. The molecule has 0 bridgehead atoms. The van der Waals surface area contributed by atoms with Crippen LogP contribution in [0.15, 0.2) is 23.1 Å². The molecule has 1 aromatic carbocycles. The Morgan fingerprint density at radius 2 is 2.06 bits per heavy atom. The lowest BCUT2D eigenvalue weighted by Gasteiger charge is -2.17. The zero-order chi connectivity index (χ0) is 13.1. The first kappa shape index (κ1) is 13.8. The van der Waals surface area contributed by atoms with Gasteiger partial charge in [-0.05, 0) is 25.5 Å². The van der Waals surface area contributed by atoms with Crippen LogP contribution >= 0.6 is 0 Å². The second-order valence-corrected chi connectivity index (χ2v) is 6.31. The molecule has 5 heteroatoms. The van der Waals surface area contributed by atoms with Crippen molar-refractivity contribution in [3.8, 4) is 0 Å². The van der Waals surface area contributed by atoms with Gasteiger partial charge in [-0.1, -0.05) is 19.4 Å². The highest BCUT2D eigenvalue weighted by Crippen LogP contribution is 2.27. The molecule has 1 aromatic rings. The molecule has 96 valence electrons. The molecule has 1 rings (SSSR count). The first-order valence-corrected chi connectivity index (χ1v) is 7.60. The van der Waals surface area contributed by atoms with Gasteiger partial charge in [0.15, 0.2) is 9.84 Å². The lowest BCUT2D eigenvalue weighted by Crippen LogP contribution is -2.16. The van der Waals surface area contributed by atoms with E-state index in [1.807, 2.05) is 0 Å². The van der Waals surface area contributed by atoms with E-state index in [9.17, 15) is 8.42 Å². The Kier molecular flexibility index (Phi) is 4.40. The number of para-hydroxylation sites is 1. The summed E-state index contributed by atoms with van der Waals surface area (Å²) < 4.78 is 23.0. The number of hydrogen-bond donors (Lipinski definition) is 2. The molecule has 0 aliphatic carbocycles. The summed E-state index contributed by atoms with van der Waals surface area (Å²) in [5, 5.41) is 3.23. The van der Waals surface area contributed by atoms with Crippen molar-refractivity contribution in [2.45, 2.75) is 37.6 Å². The van der Waals surface area contributed by atoms with Crippen molar-refractivity contribution < 1.29 is 8.42 Å². The molecule has 0 radical (unpaired) electrons. The van der Waals surface area contributed by atoms with Crippen LogP contribution in [0.1, 0.15) is 26.7 Å². The largest absolute Gasteiger partial charge is 0.396 e. The van der Waals surface area contributed by atoms with Crippen molar-refractivity contribution in [1.82, 2.24) is 0 Å². The molecule has 0 saturated heterocycles. The summed E-state index contributed by atoms with van der Waals surface area (Å²) in [6.45, 7) is 4.16. The molecule has 0 aliphatic heterocycles. The molecule has 0 amide bonds. The highest BCUT2D eigenvalue weighted by atomic mass is 32.2. The minimum Gasteiger partial charge on any atom is -0.396 e. The summed E-state index contributed by atoms with van der Waals surface area (Å²) in [6.07, 6.45) is 3.25. The number of anilines is 2. The molecule has 4 nitrogen and oxygen atoms in total. The number of hydrogen-bond acceptors (Lipinski definition) is 4. The summed E-state index contributed by atoms with van der Waals surface area (Å²) in [5.41, 5.74) is 6.86. The van der Waals surface area contributed by atoms with Gasteiger partial charge in [0.2, 0.25) is 0 Å². The number of nitrogen functional groups attached to an aromatic ring is 1. The zero-order valence-electron chi connectivity index (χ0n) is 10.5. The van der Waals surface area contributed by atoms with E-state index in [0.717, 1.165) is 19.1 Å². The Hall–Kier alpha value is -1.23. The summed E-state index contributed by atoms with van der Waals surface area (Å²) >= 11 is 0. The monoisotopic (exact) mass is 256 g/mol. The van der Waals surface area contributed by atoms with Gasteiger partial charge in [0, 0.05) is 12.3 Å². The van der Waals surface area contributed by atoms with Crippen LogP contribution in [0.25, 0.3) is 0 Å². The standard InChI is InChI=1S/C12H20N2O2S/c1-4-6-9(2)14-10-7-5-8-11(12(10)13)17(3,15)16/h5,7-9,14H,4,6,13H2,1-3H3. The molecule has 1 unspecified atom stereocenters. The van der Waals surface area contributed by atoms with Crippen LogP contribution < -0.4 is 11.1 Å². The van der Waals surface area contributed by atoms with Crippen LogP contribution in [0.2, 0.25) is 0 Å². The summed E-state index contributed by atoms with van der Waals surface area (Å²) in [4.78, 5) is 0.186. The van der Waals surface area contributed by atoms with Crippen molar-refractivity contribution in [2.75, 3.05) is 17.3 Å². The number of nitrogens with two attached hydrogens (primary N) is 1. The predicted molar refractivity (Wildman–Crippen MR) is 72.0 cm³/mol. The zero-order valence-corrected chi connectivity index (χ0v) is 11.3. The van der Waals surface area contributed by atoms with E-state index in [4.69, 9.17) is 5.73 Å². The molecule has 17 heavy (non-hydrogen) atoms. The van der Waals surface area contributed by atoms with Gasteiger partial charge in [0.25, 0.3) is 0 Å². The van der Waals surface area contributed by atoms with Gasteiger partial charge in [-0.15, -0.1) is 0 Å². The Morgan fingerprint density at radius 3 is 2.59 bits per heavy atom. The molecule has 0 aromatic heterocycles. The molecule has 0 saturated carbocycles. The third-order valence-corrected chi connectivity index (χ3v) is 3.74. The van der Waals surface area contributed by atoms with E-state index in [1.54, 1.807) is 12.1 Å². The van der Waals surface area contributed by atoms with Gasteiger partial charge in [0.05, 0.1) is 16.3 Å². The van der Waals surface area contributed by atoms with E-state index in [-0.39, 0.29) is 10.9 Å². The van der Waals surface area contributed by atoms with Gasteiger partial charge >= 0.3 is 0 Å². The second-order valence-electron chi connectivity index (χ2n) is 4.32. The Balaban J connectivity index is 3.03. The van der Waals surface area contributed by atoms with Gasteiger partial charge in [-0.25, -0.2) is 8.42 Å². The normalized spacial score (nSPS) is 13.4. The van der Waals surface area contributed by atoms with E-state index in [1.165, 1.54) is 6.07 Å². The molecule has 0 fully saturated rings. The van der Waals surface area contributed by atoms with Crippen LogP contribution in [0.3, 0.4) is 0 Å². The molecule has 3 N–H and O–H groups in total. The van der Waals surface area contributed by atoms with Crippen molar-refractivity contribution in [2.24, 2.45) is 0 Å². The Morgan fingerprint density at radius 1 is 1.41 bits per heavy atom. The minimum atomic E-state index is -3.27. The lowest BCUT2D eigenvalue weighted by molar-refractivity contribution is 0.602. The van der Waals surface area contributed by atoms with Crippen molar-refractivity contribution >= 4 is 21.2 Å². The highest BCUT2D eigenvalue weighted by Gasteiger charge is 2.14. The van der Waals surface area contributed by atoms with Crippen LogP contribution in [0, 0.1) is 0 Å². The van der Waals surface area contributed by atoms with E-state index < -0.39 is 9.84 Å². The first-order chi connectivity index (χ1) is 7.86. The maximum absolute atomic E-state index is 11.5. The topological polar surface area (TPSA) is 72.2 Å². The molecular formula is C12H20N2O2S. The van der Waals surface area contributed by atoms with Crippen molar-refractivity contribution in [1.29, 1.82) is 0 Å². The van der Waals surface area contributed by atoms with Gasteiger partial charge < -0.3 is 11.1 Å². The average molecular weight is 256 g/mol. The number of rotatable bonds is 5. The number of sulfone groups is 1. The van der Waals surface area contributed by atoms with Gasteiger partial charge in [-0.2, -0.15) is 0 Å². The van der Waals surface area contributed by atoms with Crippen molar-refractivity contribution in [3.63, 3.8) is 0 Å². The molecule has 1 atom stereocenters. The second kappa shape index (κ2) is 5.40. The van der Waals surface area contributed by atoms with E-state index in [0.29, 0.717) is 11.4 Å². The Labute approximate surface area is 103 Å². The third-order valence-electron chi connectivity index (χ3n) is 2.59. The van der Waals surface area contributed by atoms with E-state index >= 15 is 0 Å². The third kappa shape index (κ3) is 3.63. The highest BCUT2D eigenvalue weighted by molar-refractivity contribution is 7.90. The fraction of sp³-hybridized carbons (Fsp3) is 0.500. The lowest BCUT2D eigenvalue weighted by atomic mass is 10.2. The van der Waals surface area contributed by atoms with Gasteiger partial charge in [-0.3, -0.25) is 0 Å². The van der Waals surface area contributed by atoms with E-state index in [2.05, 4.69) is 19.2 Å². The SMILES string of the molecule is CCCC(C)Nc1cccc(S(C)(=O)=O)c1N. The van der Waals surface area contributed by atoms with Crippen LogP contribution in [-0.4, -0.2) is 20.7 Å². The number of nitrogens with one attached hydrogen (secondary N) is 1. The fourth-order valence-electron chi connectivity index (χ4n) is 1.76. The molecule has 0 spiro atoms. The van der Waals surface area contributed by atoms with Crippen molar-refractivity contribution in [3.05, 3.63) is 18.2 Å². The number of benzene rings is 1. The summed E-state index contributed by atoms with van der Waals surface area (Å²) in [5.74, 6) is 0. The molecule has 0 heterocycles. The minimum absolute atomic E-state index is 0.186. The van der Waals surface area contributed by atoms with Gasteiger partial charge in [0.1, 0.15) is 0 Å². The Bertz CT molecular complexity index is 483. The van der Waals surface area contributed by atoms with Crippen LogP contribution in [0.5, 0.6) is 0 Å². The average Bonchev–Trinajstić information content (AvgIpc) is 2.19. The van der Waals surface area contributed by atoms with Crippen LogP contribution in [0.4, 0.5) is 11.4 Å². The predicted octanol–water partition coefficient (Wildman–Crippen LogP) is 2.27. The molecular weight excluding hydrogens is 236 g/mol.